The molecule has 3 N–H and O–H groups in total. The van der Waals surface area contributed by atoms with E-state index in [9.17, 15) is 15.0 Å². The van der Waals surface area contributed by atoms with E-state index in [-0.39, 0.29) is 18.1 Å². The van der Waals surface area contributed by atoms with Crippen LogP contribution >= 0.6 is 0 Å². The Labute approximate surface area is 192 Å². The van der Waals surface area contributed by atoms with Crippen LogP contribution in [0, 0.1) is 0 Å². The summed E-state index contributed by atoms with van der Waals surface area (Å²) >= 11 is 0. The third-order valence-electron chi connectivity index (χ3n) is 5.45. The maximum Gasteiger partial charge on any atom is 0.407 e. The number of hydrogen-bond acceptors (Lipinski definition) is 5. The molecule has 0 aliphatic heterocycles. The molecular weight excluding hydrogens is 418 g/mol. The van der Waals surface area contributed by atoms with Gasteiger partial charge in [0.25, 0.3) is 0 Å². The highest BCUT2D eigenvalue weighted by Crippen LogP contribution is 2.29. The van der Waals surface area contributed by atoms with Crippen LogP contribution in [0.5, 0.6) is 11.5 Å². The van der Waals surface area contributed by atoms with E-state index in [4.69, 9.17) is 9.47 Å². The zero-order valence-corrected chi connectivity index (χ0v) is 18.3. The number of benzene rings is 4. The zero-order chi connectivity index (χ0) is 23.0. The minimum atomic E-state index is -0.442. The van der Waals surface area contributed by atoms with Gasteiger partial charge in [0.05, 0.1) is 6.61 Å². The monoisotopic (exact) mass is 445 g/mol. The van der Waals surface area contributed by atoms with Gasteiger partial charge in [-0.25, -0.2) is 4.79 Å². The summed E-state index contributed by atoms with van der Waals surface area (Å²) in [5, 5.41) is 26.1. The second-order valence-corrected chi connectivity index (χ2v) is 7.92. The molecule has 4 aromatic rings. The number of amides is 1. The molecule has 0 aromatic heterocycles. The molecule has 0 spiro atoms. The number of fused-ring (bicyclic) bond motifs is 2. The Hall–Kier alpha value is -3.77. The largest absolute Gasteiger partial charge is 0.508 e. The van der Waals surface area contributed by atoms with Gasteiger partial charge in [-0.2, -0.15) is 0 Å². The number of phenolic OH excluding ortho intramolecular Hbond substituents is 2. The Morgan fingerprint density at radius 1 is 0.788 bits per heavy atom. The molecule has 0 unspecified atom stereocenters. The van der Waals surface area contributed by atoms with E-state index in [1.807, 2.05) is 24.3 Å². The molecule has 4 aromatic carbocycles. The average molecular weight is 446 g/mol. The van der Waals surface area contributed by atoms with Crippen molar-refractivity contribution < 1.29 is 24.5 Å². The summed E-state index contributed by atoms with van der Waals surface area (Å²) < 4.78 is 11.1. The lowest BCUT2D eigenvalue weighted by Crippen LogP contribution is -2.25. The van der Waals surface area contributed by atoms with E-state index in [0.717, 1.165) is 39.9 Å². The van der Waals surface area contributed by atoms with Crippen LogP contribution in [0.1, 0.15) is 24.0 Å². The molecule has 6 heteroatoms. The molecule has 0 bridgehead atoms. The molecule has 0 heterocycles. The van der Waals surface area contributed by atoms with Crippen molar-refractivity contribution in [2.24, 2.45) is 0 Å². The number of unbranched alkanes of at least 4 members (excludes halogenated alkanes) is 1. The topological polar surface area (TPSA) is 88.0 Å². The first kappa shape index (κ1) is 22.4. The molecule has 4 rings (SSSR count). The summed E-state index contributed by atoms with van der Waals surface area (Å²) in [5.74, 6) is 0.0145. The van der Waals surface area contributed by atoms with Gasteiger partial charge in [-0.1, -0.05) is 48.5 Å². The number of nitrogens with one attached hydrogen (secondary N) is 1. The van der Waals surface area contributed by atoms with Crippen molar-refractivity contribution in [3.63, 3.8) is 0 Å². The van der Waals surface area contributed by atoms with E-state index in [1.54, 1.807) is 12.1 Å². The standard InChI is InChI=1S/C27H27NO5/c29-22-13-19(14-23(30)16-22)17-32-12-6-5-11-28-27(31)33-18-26-24-9-3-1-7-20(24)15-21-8-2-4-10-25(21)26/h1-4,7-10,13-16,29-30H,5-6,11-12,17-18H2,(H,28,31). The maximum absolute atomic E-state index is 12.2. The first-order valence-electron chi connectivity index (χ1n) is 11.0. The highest BCUT2D eigenvalue weighted by molar-refractivity contribution is 6.02. The Balaban J connectivity index is 1.21. The molecule has 0 saturated heterocycles. The predicted molar refractivity (Wildman–Crippen MR) is 128 cm³/mol. The van der Waals surface area contributed by atoms with E-state index in [1.165, 1.54) is 6.07 Å². The molecule has 0 atom stereocenters. The number of phenols is 2. The van der Waals surface area contributed by atoms with Crippen molar-refractivity contribution in [2.75, 3.05) is 13.2 Å². The number of rotatable bonds is 9. The van der Waals surface area contributed by atoms with Crippen LogP contribution in [-0.4, -0.2) is 29.5 Å². The lowest BCUT2D eigenvalue weighted by Gasteiger charge is -2.13. The van der Waals surface area contributed by atoms with Crippen molar-refractivity contribution in [2.45, 2.75) is 26.1 Å². The van der Waals surface area contributed by atoms with Gasteiger partial charge in [0.15, 0.2) is 0 Å². The molecular formula is C27H27NO5. The van der Waals surface area contributed by atoms with Gasteiger partial charge in [-0.3, -0.25) is 0 Å². The molecule has 170 valence electrons. The Morgan fingerprint density at radius 2 is 1.42 bits per heavy atom. The van der Waals surface area contributed by atoms with Crippen LogP contribution in [0.4, 0.5) is 4.79 Å². The minimum Gasteiger partial charge on any atom is -0.508 e. The first-order chi connectivity index (χ1) is 16.1. The van der Waals surface area contributed by atoms with Gasteiger partial charge >= 0.3 is 6.09 Å². The van der Waals surface area contributed by atoms with Crippen LogP contribution in [0.3, 0.4) is 0 Å². The number of aromatic hydroxyl groups is 2. The van der Waals surface area contributed by atoms with Crippen molar-refractivity contribution in [3.8, 4) is 11.5 Å². The normalized spacial score (nSPS) is 11.0. The van der Waals surface area contributed by atoms with Crippen LogP contribution in [0.25, 0.3) is 21.5 Å². The van der Waals surface area contributed by atoms with Crippen LogP contribution in [0.15, 0.2) is 72.8 Å². The molecule has 0 radical (unpaired) electrons. The lowest BCUT2D eigenvalue weighted by molar-refractivity contribution is 0.115. The maximum atomic E-state index is 12.2. The van der Waals surface area contributed by atoms with Crippen LogP contribution in [-0.2, 0) is 22.7 Å². The van der Waals surface area contributed by atoms with Crippen LogP contribution in [0.2, 0.25) is 0 Å². The minimum absolute atomic E-state index is 0.00723. The number of ether oxygens (including phenoxy) is 2. The van der Waals surface area contributed by atoms with E-state index in [0.29, 0.717) is 25.3 Å². The van der Waals surface area contributed by atoms with Crippen molar-refractivity contribution in [1.82, 2.24) is 5.32 Å². The first-order valence-corrected chi connectivity index (χ1v) is 11.0. The van der Waals surface area contributed by atoms with Crippen molar-refractivity contribution >= 4 is 27.6 Å². The molecule has 0 saturated carbocycles. The van der Waals surface area contributed by atoms with Gasteiger partial charge < -0.3 is 25.0 Å². The second kappa shape index (κ2) is 10.7. The smallest absolute Gasteiger partial charge is 0.407 e. The Morgan fingerprint density at radius 3 is 2.09 bits per heavy atom. The van der Waals surface area contributed by atoms with E-state index < -0.39 is 6.09 Å². The fraction of sp³-hybridized carbons (Fsp3) is 0.222. The molecule has 0 fully saturated rings. The second-order valence-electron chi connectivity index (χ2n) is 7.92. The summed E-state index contributed by atoms with van der Waals surface area (Å²) in [7, 11) is 0. The van der Waals surface area contributed by atoms with Crippen molar-refractivity contribution in [3.05, 3.63) is 83.9 Å². The van der Waals surface area contributed by atoms with Gasteiger partial charge in [-0.15, -0.1) is 0 Å². The number of carbonyl (C=O) groups excluding carboxylic acids is 1. The Kier molecular flexibility index (Phi) is 7.27. The van der Waals surface area contributed by atoms with Crippen LogP contribution < -0.4 is 5.32 Å². The summed E-state index contributed by atoms with van der Waals surface area (Å²) in [5.41, 5.74) is 1.71. The van der Waals surface area contributed by atoms with E-state index >= 15 is 0 Å². The van der Waals surface area contributed by atoms with Gasteiger partial charge in [0.2, 0.25) is 0 Å². The molecule has 33 heavy (non-hydrogen) atoms. The predicted octanol–water partition coefficient (Wildman–Crippen LogP) is 5.63. The highest BCUT2D eigenvalue weighted by Gasteiger charge is 2.10. The fourth-order valence-corrected chi connectivity index (χ4v) is 3.90. The van der Waals surface area contributed by atoms with E-state index in [2.05, 4.69) is 35.6 Å². The third-order valence-corrected chi connectivity index (χ3v) is 5.45. The highest BCUT2D eigenvalue weighted by atomic mass is 16.5. The number of hydrogen-bond donors (Lipinski definition) is 3. The fourth-order valence-electron chi connectivity index (χ4n) is 3.90. The SMILES string of the molecule is O=C(NCCCCOCc1cc(O)cc(O)c1)OCc1c2ccccc2cc2ccccc12. The number of alkyl carbamates (subject to hydrolysis) is 1. The third kappa shape index (κ3) is 5.93. The lowest BCUT2D eigenvalue weighted by atomic mass is 9.97. The van der Waals surface area contributed by atoms with Gasteiger partial charge in [-0.05, 0) is 58.1 Å². The zero-order valence-electron chi connectivity index (χ0n) is 18.3. The summed E-state index contributed by atoms with van der Waals surface area (Å²) in [4.78, 5) is 12.2. The number of carbonyl (C=O) groups is 1. The van der Waals surface area contributed by atoms with Crippen molar-refractivity contribution in [1.29, 1.82) is 0 Å². The quantitative estimate of drug-likeness (QED) is 0.230. The Bertz CT molecular complexity index is 1180. The molecule has 0 aliphatic carbocycles. The van der Waals surface area contributed by atoms with Gasteiger partial charge in [0.1, 0.15) is 18.1 Å². The van der Waals surface area contributed by atoms with Gasteiger partial charge in [0, 0.05) is 24.8 Å². The molecule has 0 aliphatic rings. The average Bonchev–Trinajstić information content (AvgIpc) is 2.80. The summed E-state index contributed by atoms with van der Waals surface area (Å²) in [6.45, 7) is 1.50. The molecule has 1 amide bonds. The summed E-state index contributed by atoms with van der Waals surface area (Å²) in [6.07, 6.45) is 1.07. The summed E-state index contributed by atoms with van der Waals surface area (Å²) in [6, 6.07) is 22.8. The molecule has 6 nitrogen and oxygen atoms in total.